The molecular weight excluding hydrogens is 224 g/mol. The summed E-state index contributed by atoms with van der Waals surface area (Å²) in [7, 11) is 2.14. The monoisotopic (exact) mass is 244 g/mol. The summed E-state index contributed by atoms with van der Waals surface area (Å²) in [4.78, 5) is 0. The number of hydrogen-bond acceptors (Lipinski definition) is 2. The van der Waals surface area contributed by atoms with Crippen LogP contribution in [0.5, 0.6) is 0 Å². The first kappa shape index (κ1) is 11.8. The lowest BCUT2D eigenvalue weighted by Gasteiger charge is -2.16. The molecule has 0 aliphatic carbocycles. The lowest BCUT2D eigenvalue weighted by atomic mass is 10.1. The zero-order valence-electron chi connectivity index (χ0n) is 11.1. The number of para-hydroxylation sites is 1. The standard InChI is InChI=1S/C15H20N2O/c1-11-5-3-6-12-9-13(17(2)15(11)12)14-10-16-7-4-8-18-14/h3,5-6,9,14,16H,4,7-8,10H2,1-2H3. The predicted molar refractivity (Wildman–Crippen MR) is 73.8 cm³/mol. The Bertz CT molecular complexity index is 551. The molecule has 1 aliphatic rings. The number of nitrogens with one attached hydrogen (secondary N) is 1. The lowest BCUT2D eigenvalue weighted by Crippen LogP contribution is -2.21. The summed E-state index contributed by atoms with van der Waals surface area (Å²) >= 11 is 0. The summed E-state index contributed by atoms with van der Waals surface area (Å²) in [5.41, 5.74) is 3.91. The van der Waals surface area contributed by atoms with Gasteiger partial charge in [0.2, 0.25) is 0 Å². The minimum absolute atomic E-state index is 0.171. The van der Waals surface area contributed by atoms with Gasteiger partial charge in [0.1, 0.15) is 6.10 Å². The van der Waals surface area contributed by atoms with E-state index in [9.17, 15) is 0 Å². The molecule has 0 saturated carbocycles. The van der Waals surface area contributed by atoms with E-state index in [0.29, 0.717) is 0 Å². The fourth-order valence-electron chi connectivity index (χ4n) is 2.86. The topological polar surface area (TPSA) is 26.2 Å². The smallest absolute Gasteiger partial charge is 0.110 e. The van der Waals surface area contributed by atoms with Crippen LogP contribution in [-0.4, -0.2) is 24.3 Å². The van der Waals surface area contributed by atoms with Gasteiger partial charge in [-0.05, 0) is 31.5 Å². The number of rotatable bonds is 1. The Kier molecular flexibility index (Phi) is 3.10. The molecule has 96 valence electrons. The number of ether oxygens (including phenoxy) is 1. The molecule has 1 aromatic heterocycles. The maximum Gasteiger partial charge on any atom is 0.110 e. The van der Waals surface area contributed by atoms with Crippen LogP contribution in [-0.2, 0) is 11.8 Å². The van der Waals surface area contributed by atoms with Gasteiger partial charge in [0.15, 0.2) is 0 Å². The Morgan fingerprint density at radius 3 is 3.11 bits per heavy atom. The van der Waals surface area contributed by atoms with Crippen molar-refractivity contribution >= 4 is 10.9 Å². The molecule has 2 heterocycles. The largest absolute Gasteiger partial charge is 0.371 e. The molecule has 1 aromatic carbocycles. The molecule has 3 heteroatoms. The minimum Gasteiger partial charge on any atom is -0.371 e. The zero-order chi connectivity index (χ0) is 12.5. The van der Waals surface area contributed by atoms with E-state index in [1.54, 1.807) is 0 Å². The highest BCUT2D eigenvalue weighted by Gasteiger charge is 2.19. The third-order valence-electron chi connectivity index (χ3n) is 3.77. The molecule has 2 aromatic rings. The van der Waals surface area contributed by atoms with Crippen LogP contribution >= 0.6 is 0 Å². The highest BCUT2D eigenvalue weighted by Crippen LogP contribution is 2.27. The van der Waals surface area contributed by atoms with Crippen LogP contribution in [0.4, 0.5) is 0 Å². The van der Waals surface area contributed by atoms with E-state index in [4.69, 9.17) is 4.74 Å². The van der Waals surface area contributed by atoms with Crippen LogP contribution in [0.2, 0.25) is 0 Å². The van der Waals surface area contributed by atoms with Crippen LogP contribution in [0.25, 0.3) is 10.9 Å². The van der Waals surface area contributed by atoms with Gasteiger partial charge in [-0.15, -0.1) is 0 Å². The SMILES string of the molecule is Cc1cccc2cc(C3CNCCCO3)n(C)c12. The first-order valence-electron chi connectivity index (χ1n) is 6.64. The highest BCUT2D eigenvalue weighted by molar-refractivity contribution is 5.84. The second kappa shape index (κ2) is 4.75. The predicted octanol–water partition coefficient (Wildman–Crippen LogP) is 2.54. The summed E-state index contributed by atoms with van der Waals surface area (Å²) in [5.74, 6) is 0. The number of hydrogen-bond donors (Lipinski definition) is 1. The van der Waals surface area contributed by atoms with Gasteiger partial charge in [-0.3, -0.25) is 0 Å². The van der Waals surface area contributed by atoms with Crippen molar-refractivity contribution in [1.29, 1.82) is 0 Å². The van der Waals surface area contributed by atoms with Crippen molar-refractivity contribution in [2.75, 3.05) is 19.7 Å². The second-order valence-electron chi connectivity index (χ2n) is 5.06. The number of benzene rings is 1. The van der Waals surface area contributed by atoms with Crippen molar-refractivity contribution in [2.24, 2.45) is 7.05 Å². The van der Waals surface area contributed by atoms with Crippen molar-refractivity contribution < 1.29 is 4.74 Å². The summed E-state index contributed by atoms with van der Waals surface area (Å²) in [5, 5.41) is 4.75. The molecule has 18 heavy (non-hydrogen) atoms. The maximum atomic E-state index is 5.96. The van der Waals surface area contributed by atoms with E-state index in [0.717, 1.165) is 26.1 Å². The van der Waals surface area contributed by atoms with E-state index >= 15 is 0 Å². The first-order valence-corrected chi connectivity index (χ1v) is 6.64. The second-order valence-corrected chi connectivity index (χ2v) is 5.06. The Hall–Kier alpha value is -1.32. The Labute approximate surface area is 108 Å². The summed E-state index contributed by atoms with van der Waals surface area (Å²) < 4.78 is 8.24. The molecule has 0 spiro atoms. The van der Waals surface area contributed by atoms with Crippen LogP contribution < -0.4 is 5.32 Å². The number of nitrogens with zero attached hydrogens (tertiary/aromatic N) is 1. The zero-order valence-corrected chi connectivity index (χ0v) is 11.1. The molecule has 1 saturated heterocycles. The van der Waals surface area contributed by atoms with E-state index in [-0.39, 0.29) is 6.10 Å². The normalized spacial score (nSPS) is 21.1. The van der Waals surface area contributed by atoms with Gasteiger partial charge in [-0.1, -0.05) is 18.2 Å². The molecule has 1 aliphatic heterocycles. The molecule has 1 atom stereocenters. The number of fused-ring (bicyclic) bond motifs is 1. The molecular formula is C15H20N2O. The third kappa shape index (κ3) is 1.93. The average molecular weight is 244 g/mol. The quantitative estimate of drug-likeness (QED) is 0.834. The van der Waals surface area contributed by atoms with Gasteiger partial charge < -0.3 is 14.6 Å². The molecule has 0 bridgehead atoms. The minimum atomic E-state index is 0.171. The van der Waals surface area contributed by atoms with Crippen LogP contribution in [0.3, 0.4) is 0 Å². The van der Waals surface area contributed by atoms with Crippen molar-refractivity contribution in [3.63, 3.8) is 0 Å². The van der Waals surface area contributed by atoms with Gasteiger partial charge >= 0.3 is 0 Å². The van der Waals surface area contributed by atoms with Crippen molar-refractivity contribution in [1.82, 2.24) is 9.88 Å². The Morgan fingerprint density at radius 1 is 1.39 bits per heavy atom. The van der Waals surface area contributed by atoms with Crippen LogP contribution in [0.15, 0.2) is 24.3 Å². The Morgan fingerprint density at radius 2 is 2.28 bits per heavy atom. The van der Waals surface area contributed by atoms with Gasteiger partial charge in [0.05, 0.1) is 5.52 Å². The third-order valence-corrected chi connectivity index (χ3v) is 3.77. The fourth-order valence-corrected chi connectivity index (χ4v) is 2.86. The lowest BCUT2D eigenvalue weighted by molar-refractivity contribution is 0.0622. The maximum absolute atomic E-state index is 5.96. The van der Waals surface area contributed by atoms with Gasteiger partial charge in [0.25, 0.3) is 0 Å². The number of aryl methyl sites for hydroxylation is 2. The molecule has 1 N–H and O–H groups in total. The van der Waals surface area contributed by atoms with E-state index in [1.807, 2.05) is 0 Å². The molecule has 1 unspecified atom stereocenters. The van der Waals surface area contributed by atoms with E-state index < -0.39 is 0 Å². The number of aromatic nitrogens is 1. The summed E-state index contributed by atoms with van der Waals surface area (Å²) in [6.07, 6.45) is 1.27. The molecule has 1 fully saturated rings. The summed E-state index contributed by atoms with van der Waals surface area (Å²) in [6.45, 7) is 4.97. The van der Waals surface area contributed by atoms with E-state index in [1.165, 1.54) is 22.2 Å². The fraction of sp³-hybridized carbons (Fsp3) is 0.467. The molecule has 3 rings (SSSR count). The highest BCUT2D eigenvalue weighted by atomic mass is 16.5. The summed E-state index contributed by atoms with van der Waals surface area (Å²) in [6, 6.07) is 8.72. The molecule has 3 nitrogen and oxygen atoms in total. The molecule has 0 radical (unpaired) electrons. The average Bonchev–Trinajstić information content (AvgIpc) is 2.56. The van der Waals surface area contributed by atoms with Crippen molar-refractivity contribution in [3.8, 4) is 0 Å². The van der Waals surface area contributed by atoms with Crippen LogP contribution in [0, 0.1) is 6.92 Å². The Balaban J connectivity index is 2.06. The van der Waals surface area contributed by atoms with E-state index in [2.05, 4.69) is 48.1 Å². The molecule has 0 amide bonds. The van der Waals surface area contributed by atoms with Gasteiger partial charge in [-0.2, -0.15) is 0 Å². The van der Waals surface area contributed by atoms with Crippen molar-refractivity contribution in [2.45, 2.75) is 19.4 Å². The van der Waals surface area contributed by atoms with Crippen LogP contribution in [0.1, 0.15) is 23.8 Å². The first-order chi connectivity index (χ1) is 8.77. The van der Waals surface area contributed by atoms with Crippen molar-refractivity contribution in [3.05, 3.63) is 35.5 Å². The van der Waals surface area contributed by atoms with Gasteiger partial charge in [-0.25, -0.2) is 0 Å². The van der Waals surface area contributed by atoms with Gasteiger partial charge in [0, 0.05) is 31.3 Å².